The lowest BCUT2D eigenvalue weighted by Crippen LogP contribution is -2.65. The molecule has 0 radical (unpaired) electrons. The quantitative estimate of drug-likeness (QED) is 0.288. The highest BCUT2D eigenvalue weighted by Gasteiger charge is 2.64. The summed E-state index contributed by atoms with van der Waals surface area (Å²) in [6.45, 7) is 0.571. The minimum atomic E-state index is -2.66. The molecule has 11 heteroatoms. The fourth-order valence-corrected chi connectivity index (χ4v) is 6.62. The van der Waals surface area contributed by atoms with Gasteiger partial charge in [0.15, 0.2) is 11.4 Å². The van der Waals surface area contributed by atoms with Gasteiger partial charge >= 0.3 is 0 Å². The number of ketones is 2. The van der Waals surface area contributed by atoms with Gasteiger partial charge in [0, 0.05) is 23.1 Å². The van der Waals surface area contributed by atoms with Crippen LogP contribution < -0.4 is 11.1 Å². The monoisotopic (exact) mass is 549 g/mol. The average Bonchev–Trinajstić information content (AvgIpc) is 3.60. The van der Waals surface area contributed by atoms with E-state index in [0.717, 1.165) is 18.6 Å². The lowest BCUT2D eigenvalue weighted by Gasteiger charge is -2.50. The number of primary amides is 1. The molecule has 1 heterocycles. The highest BCUT2D eigenvalue weighted by Crippen LogP contribution is 2.53. The van der Waals surface area contributed by atoms with Gasteiger partial charge in [-0.1, -0.05) is 0 Å². The van der Waals surface area contributed by atoms with Crippen molar-refractivity contribution in [3.63, 3.8) is 0 Å². The number of phenolic OH excluding ortho intramolecular Hbond substituents is 1. The number of amides is 1. The molecule has 7 N–H and O–H groups in total. The number of fused-ring (bicyclic) bond motifs is 3. The summed E-state index contributed by atoms with van der Waals surface area (Å²) in [6, 6.07) is 6.12. The van der Waals surface area contributed by atoms with Crippen molar-refractivity contribution < 1.29 is 39.2 Å². The van der Waals surface area contributed by atoms with Crippen LogP contribution in [0.5, 0.6) is 5.75 Å². The predicted molar refractivity (Wildman–Crippen MR) is 142 cm³/mol. The highest BCUT2D eigenvalue weighted by molar-refractivity contribution is 6.24. The van der Waals surface area contributed by atoms with Crippen LogP contribution in [0.3, 0.4) is 0 Å². The number of furan rings is 1. The van der Waals surface area contributed by atoms with Crippen LogP contribution in [-0.2, 0) is 27.3 Å². The summed E-state index contributed by atoms with van der Waals surface area (Å²) in [5.41, 5.74) is 2.89. The number of carbonyl (C=O) groups is 3. The van der Waals surface area contributed by atoms with Gasteiger partial charge in [-0.3, -0.25) is 19.3 Å². The van der Waals surface area contributed by atoms with Gasteiger partial charge < -0.3 is 35.9 Å². The number of nitrogens with two attached hydrogens (primary N) is 1. The smallest absolute Gasteiger partial charge is 0.255 e. The molecule has 0 bridgehead atoms. The first-order valence-electron chi connectivity index (χ1n) is 13.3. The first kappa shape index (κ1) is 26.3. The summed E-state index contributed by atoms with van der Waals surface area (Å²) in [5, 5.41) is 48.2. The number of hydrogen-bond acceptors (Lipinski definition) is 10. The molecule has 6 rings (SSSR count). The third-order valence-electron chi connectivity index (χ3n) is 8.67. The molecule has 2 aromatic rings. The molecule has 4 unspecified atom stereocenters. The number of benzene rings is 1. The molecule has 0 spiro atoms. The number of aliphatic hydroxyl groups is 3. The zero-order chi connectivity index (χ0) is 28.7. The van der Waals surface area contributed by atoms with Gasteiger partial charge in [0.2, 0.25) is 5.78 Å². The van der Waals surface area contributed by atoms with Gasteiger partial charge in [-0.2, -0.15) is 0 Å². The van der Waals surface area contributed by atoms with E-state index in [9.17, 15) is 34.8 Å². The molecule has 1 aromatic carbocycles. The predicted octanol–water partition coefficient (Wildman–Crippen LogP) is 1.48. The third kappa shape index (κ3) is 3.72. The number of aromatic hydroxyl groups is 1. The second-order valence-corrected chi connectivity index (χ2v) is 11.4. The molecule has 0 saturated heterocycles. The molecule has 4 aliphatic carbocycles. The Hall–Kier alpha value is -3.93. The number of carbonyl (C=O) groups excluding carboxylic acids is 3. The summed E-state index contributed by atoms with van der Waals surface area (Å²) in [7, 11) is 3.13. The Kier molecular flexibility index (Phi) is 5.95. The van der Waals surface area contributed by atoms with Gasteiger partial charge in [-0.25, -0.2) is 0 Å². The second-order valence-electron chi connectivity index (χ2n) is 11.4. The van der Waals surface area contributed by atoms with Crippen molar-refractivity contribution in [2.45, 2.75) is 49.9 Å². The zero-order valence-corrected chi connectivity index (χ0v) is 22.1. The van der Waals surface area contributed by atoms with E-state index in [2.05, 4.69) is 5.32 Å². The summed E-state index contributed by atoms with van der Waals surface area (Å²) >= 11 is 0. The van der Waals surface area contributed by atoms with Crippen LogP contribution in [0.2, 0.25) is 0 Å². The summed E-state index contributed by atoms with van der Waals surface area (Å²) < 4.78 is 6.08. The lowest BCUT2D eigenvalue weighted by molar-refractivity contribution is -0.153. The summed E-state index contributed by atoms with van der Waals surface area (Å²) in [4.78, 5) is 40.8. The van der Waals surface area contributed by atoms with Crippen LogP contribution in [0.1, 0.15) is 36.1 Å². The first-order valence-corrected chi connectivity index (χ1v) is 13.3. The Balaban J connectivity index is 1.47. The fourth-order valence-electron chi connectivity index (χ4n) is 6.62. The molecule has 1 aromatic heterocycles. The Morgan fingerprint density at radius 1 is 1.15 bits per heavy atom. The Morgan fingerprint density at radius 3 is 2.52 bits per heavy atom. The number of phenols is 1. The van der Waals surface area contributed by atoms with Gasteiger partial charge in [0.1, 0.15) is 34.4 Å². The maximum absolute atomic E-state index is 13.9. The number of aliphatic hydroxyl groups excluding tert-OH is 2. The van der Waals surface area contributed by atoms with E-state index in [1.807, 2.05) is 12.1 Å². The van der Waals surface area contributed by atoms with E-state index in [4.69, 9.17) is 10.2 Å². The van der Waals surface area contributed by atoms with Gasteiger partial charge in [-0.15, -0.1) is 0 Å². The van der Waals surface area contributed by atoms with Crippen molar-refractivity contribution in [1.29, 1.82) is 0 Å². The third-order valence-corrected chi connectivity index (χ3v) is 8.67. The Bertz CT molecular complexity index is 1530. The standard InChI is InChI=1S/C29H31N3O8/c1-32(2)23-17-10-12-9-16-15(19-8-5-14(40-19)11-31-13-3-4-13)6-7-18(33)21(16)24(34)20(12)26(36)29(17,39)27(37)22(25(23)35)28(30)38/h5-8,12-13,17,23,31,33-34,37,39H,3-4,9-11H2,1-2H3,(H2,30,38). The number of likely N-dealkylation sites (N-methyl/N-ethyl adjacent to an activating group) is 1. The SMILES string of the molecule is CN(C)C1C(=O)C(C(N)=O)=C(O)C2(O)C(=O)C3=C(O)c4c(O)ccc(-c5ccc(CNC6CC6)o5)c4CC3CC12. The molecular formula is C29H31N3O8. The summed E-state index contributed by atoms with van der Waals surface area (Å²) in [6.07, 6.45) is 2.49. The van der Waals surface area contributed by atoms with Crippen LogP contribution in [-0.4, -0.2) is 74.6 Å². The number of hydrogen-bond donors (Lipinski definition) is 6. The Morgan fingerprint density at radius 2 is 1.88 bits per heavy atom. The van der Waals surface area contributed by atoms with E-state index in [1.165, 1.54) is 11.0 Å². The first-order chi connectivity index (χ1) is 18.9. The molecule has 2 saturated carbocycles. The molecule has 1 amide bonds. The summed E-state index contributed by atoms with van der Waals surface area (Å²) in [5.74, 6) is -5.52. The molecule has 4 atom stereocenters. The van der Waals surface area contributed by atoms with Crippen molar-refractivity contribution >= 4 is 23.2 Å². The van der Waals surface area contributed by atoms with Crippen LogP contribution in [0, 0.1) is 11.8 Å². The van der Waals surface area contributed by atoms with Crippen molar-refractivity contribution in [2.75, 3.05) is 14.1 Å². The molecule has 210 valence electrons. The molecule has 4 aliphatic rings. The molecular weight excluding hydrogens is 518 g/mol. The van der Waals surface area contributed by atoms with Crippen LogP contribution >= 0.6 is 0 Å². The second kappa shape index (κ2) is 9.05. The maximum Gasteiger partial charge on any atom is 0.255 e. The van der Waals surface area contributed by atoms with E-state index in [1.54, 1.807) is 20.2 Å². The van der Waals surface area contributed by atoms with Crippen molar-refractivity contribution in [3.8, 4) is 17.1 Å². The van der Waals surface area contributed by atoms with Crippen molar-refractivity contribution in [1.82, 2.24) is 10.2 Å². The van der Waals surface area contributed by atoms with Crippen LogP contribution in [0.15, 0.2) is 45.6 Å². The molecule has 0 aliphatic heterocycles. The fraction of sp³-hybridized carbons (Fsp3) is 0.414. The van der Waals surface area contributed by atoms with E-state index in [0.29, 0.717) is 29.5 Å². The average molecular weight is 550 g/mol. The topological polar surface area (TPSA) is 187 Å². The van der Waals surface area contributed by atoms with E-state index >= 15 is 0 Å². The number of rotatable bonds is 6. The highest BCUT2D eigenvalue weighted by atomic mass is 16.4. The number of Topliss-reactive ketones (excluding diaryl/α,β-unsaturated/α-hetero) is 2. The van der Waals surface area contributed by atoms with E-state index in [-0.39, 0.29) is 29.7 Å². The van der Waals surface area contributed by atoms with Gasteiger partial charge in [0.05, 0.1) is 18.2 Å². The minimum absolute atomic E-state index is 0.0234. The number of nitrogens with one attached hydrogen (secondary N) is 1. The maximum atomic E-state index is 13.9. The van der Waals surface area contributed by atoms with Crippen LogP contribution in [0.4, 0.5) is 0 Å². The van der Waals surface area contributed by atoms with Crippen molar-refractivity contribution in [3.05, 3.63) is 58.1 Å². The molecule has 11 nitrogen and oxygen atoms in total. The zero-order valence-electron chi connectivity index (χ0n) is 22.1. The van der Waals surface area contributed by atoms with E-state index < -0.39 is 58.0 Å². The lowest BCUT2D eigenvalue weighted by atomic mass is 9.57. The van der Waals surface area contributed by atoms with Gasteiger partial charge in [0.25, 0.3) is 5.91 Å². The number of nitrogens with zero attached hydrogens (tertiary/aromatic N) is 1. The van der Waals surface area contributed by atoms with Crippen molar-refractivity contribution in [2.24, 2.45) is 17.6 Å². The van der Waals surface area contributed by atoms with Gasteiger partial charge in [-0.05, 0) is 75.5 Å². The molecule has 2 fully saturated rings. The minimum Gasteiger partial charge on any atom is -0.508 e. The van der Waals surface area contributed by atoms with Crippen LogP contribution in [0.25, 0.3) is 17.1 Å². The largest absolute Gasteiger partial charge is 0.508 e. The normalized spacial score (nSPS) is 28.1. The Labute approximate surface area is 229 Å². The molecule has 40 heavy (non-hydrogen) atoms.